The number of hydrogen-bond donors (Lipinski definition) is 1. The van der Waals surface area contributed by atoms with Gasteiger partial charge in [-0.05, 0) is 12.1 Å². The van der Waals surface area contributed by atoms with Crippen LogP contribution < -0.4 is 10.5 Å². The molecule has 1 fully saturated rings. The van der Waals surface area contributed by atoms with E-state index in [4.69, 9.17) is 10.5 Å². The molecule has 6 nitrogen and oxygen atoms in total. The maximum Gasteiger partial charge on any atom is 0.257 e. The molecule has 19 heavy (non-hydrogen) atoms. The molecular weight excluding hydrogens is 246 g/mol. The van der Waals surface area contributed by atoms with Gasteiger partial charge in [-0.1, -0.05) is 0 Å². The Balaban J connectivity index is 2.14. The first-order valence-electron chi connectivity index (χ1n) is 6.08. The van der Waals surface area contributed by atoms with Crippen molar-refractivity contribution in [3.63, 3.8) is 0 Å². The van der Waals surface area contributed by atoms with Gasteiger partial charge in [0.25, 0.3) is 5.91 Å². The third-order valence-electron chi connectivity index (χ3n) is 3.21. The normalized spacial score (nSPS) is 15.2. The molecule has 2 N–H and O–H groups in total. The maximum absolute atomic E-state index is 12.4. The highest BCUT2D eigenvalue weighted by molar-refractivity contribution is 5.97. The number of nitrogen functional groups attached to an aromatic ring is 1. The van der Waals surface area contributed by atoms with Crippen LogP contribution in [-0.4, -0.2) is 55.4 Å². The van der Waals surface area contributed by atoms with Crippen molar-refractivity contribution in [2.75, 3.05) is 39.0 Å². The van der Waals surface area contributed by atoms with Gasteiger partial charge >= 0.3 is 0 Å². The van der Waals surface area contributed by atoms with Crippen molar-refractivity contribution in [3.05, 3.63) is 23.8 Å². The molecule has 2 amide bonds. The third kappa shape index (κ3) is 2.78. The van der Waals surface area contributed by atoms with Crippen molar-refractivity contribution >= 4 is 18.0 Å². The molecule has 1 heterocycles. The zero-order chi connectivity index (χ0) is 13.8. The molecule has 2 rings (SSSR count). The van der Waals surface area contributed by atoms with E-state index in [0.29, 0.717) is 43.2 Å². The second-order valence-corrected chi connectivity index (χ2v) is 4.39. The molecule has 1 aromatic carbocycles. The summed E-state index contributed by atoms with van der Waals surface area (Å²) in [5.41, 5.74) is 6.72. The predicted molar refractivity (Wildman–Crippen MR) is 70.9 cm³/mol. The van der Waals surface area contributed by atoms with E-state index < -0.39 is 0 Å². The molecule has 0 atom stereocenters. The lowest BCUT2D eigenvalue weighted by molar-refractivity contribution is -0.119. The van der Waals surface area contributed by atoms with Crippen LogP contribution in [0.1, 0.15) is 10.4 Å². The SMILES string of the molecule is COc1cc(N)ccc1C(=O)N1CCN(C=O)CC1. The Hall–Kier alpha value is -2.24. The number of anilines is 1. The Kier molecular flexibility index (Phi) is 3.89. The largest absolute Gasteiger partial charge is 0.496 e. The van der Waals surface area contributed by atoms with Crippen molar-refractivity contribution in [2.24, 2.45) is 0 Å². The number of rotatable bonds is 3. The molecule has 1 aliphatic rings. The molecule has 0 bridgehead atoms. The fraction of sp³-hybridized carbons (Fsp3) is 0.385. The van der Waals surface area contributed by atoms with Crippen molar-refractivity contribution in [1.82, 2.24) is 9.80 Å². The quantitative estimate of drug-likeness (QED) is 0.624. The summed E-state index contributed by atoms with van der Waals surface area (Å²) in [5.74, 6) is 0.380. The van der Waals surface area contributed by atoms with E-state index >= 15 is 0 Å². The number of benzene rings is 1. The van der Waals surface area contributed by atoms with Gasteiger partial charge in [-0.2, -0.15) is 0 Å². The topological polar surface area (TPSA) is 75.9 Å². The fourth-order valence-electron chi connectivity index (χ4n) is 2.09. The highest BCUT2D eigenvalue weighted by Gasteiger charge is 2.23. The molecule has 0 aromatic heterocycles. The van der Waals surface area contributed by atoms with Gasteiger partial charge in [0, 0.05) is 37.9 Å². The molecule has 1 aliphatic heterocycles. The van der Waals surface area contributed by atoms with Crippen LogP contribution >= 0.6 is 0 Å². The summed E-state index contributed by atoms with van der Waals surface area (Å²) in [5, 5.41) is 0. The molecule has 0 unspecified atom stereocenters. The number of carbonyl (C=O) groups is 2. The Bertz CT molecular complexity index is 482. The summed E-state index contributed by atoms with van der Waals surface area (Å²) in [6, 6.07) is 4.98. The minimum absolute atomic E-state index is 0.0950. The molecule has 6 heteroatoms. The lowest BCUT2D eigenvalue weighted by atomic mass is 10.1. The molecule has 0 saturated carbocycles. The number of nitrogens with two attached hydrogens (primary N) is 1. The van der Waals surface area contributed by atoms with Gasteiger partial charge in [-0.25, -0.2) is 0 Å². The minimum atomic E-state index is -0.0950. The van der Waals surface area contributed by atoms with Gasteiger partial charge in [-0.3, -0.25) is 9.59 Å². The van der Waals surface area contributed by atoms with Gasteiger partial charge < -0.3 is 20.3 Å². The van der Waals surface area contributed by atoms with Crippen LogP contribution in [0.15, 0.2) is 18.2 Å². The lowest BCUT2D eigenvalue weighted by Crippen LogP contribution is -2.48. The third-order valence-corrected chi connectivity index (χ3v) is 3.21. The van der Waals surface area contributed by atoms with E-state index in [1.165, 1.54) is 7.11 Å². The predicted octanol–water partition coefficient (Wildman–Crippen LogP) is 0.192. The minimum Gasteiger partial charge on any atom is -0.496 e. The second-order valence-electron chi connectivity index (χ2n) is 4.39. The highest BCUT2D eigenvalue weighted by atomic mass is 16.5. The molecule has 102 valence electrons. The summed E-state index contributed by atoms with van der Waals surface area (Å²) < 4.78 is 5.19. The molecule has 0 radical (unpaired) electrons. The molecule has 0 spiro atoms. The van der Waals surface area contributed by atoms with Crippen LogP contribution in [0.3, 0.4) is 0 Å². The number of methoxy groups -OCH3 is 1. The molecule has 1 saturated heterocycles. The average Bonchev–Trinajstić information content (AvgIpc) is 2.46. The number of ether oxygens (including phenoxy) is 1. The summed E-state index contributed by atoms with van der Waals surface area (Å²) in [6.07, 6.45) is 0.811. The van der Waals surface area contributed by atoms with Gasteiger partial charge in [-0.15, -0.1) is 0 Å². The Morgan fingerprint density at radius 2 is 2.00 bits per heavy atom. The standard InChI is InChI=1S/C13H17N3O3/c1-19-12-8-10(14)2-3-11(12)13(18)16-6-4-15(9-17)5-7-16/h2-3,8-9H,4-7,14H2,1H3. The van der Waals surface area contributed by atoms with Crippen LogP contribution in [-0.2, 0) is 4.79 Å². The first-order chi connectivity index (χ1) is 9.15. The van der Waals surface area contributed by atoms with E-state index in [1.54, 1.807) is 28.0 Å². The summed E-state index contributed by atoms with van der Waals surface area (Å²) in [6.45, 7) is 2.19. The monoisotopic (exact) mass is 263 g/mol. The Labute approximate surface area is 111 Å². The lowest BCUT2D eigenvalue weighted by Gasteiger charge is -2.32. The van der Waals surface area contributed by atoms with Crippen LogP contribution in [0.2, 0.25) is 0 Å². The van der Waals surface area contributed by atoms with Crippen molar-refractivity contribution in [3.8, 4) is 5.75 Å². The van der Waals surface area contributed by atoms with Crippen molar-refractivity contribution < 1.29 is 14.3 Å². The van der Waals surface area contributed by atoms with E-state index in [0.717, 1.165) is 6.41 Å². The maximum atomic E-state index is 12.4. The number of hydrogen-bond acceptors (Lipinski definition) is 4. The van der Waals surface area contributed by atoms with Crippen LogP contribution in [0.4, 0.5) is 5.69 Å². The fourth-order valence-corrected chi connectivity index (χ4v) is 2.09. The average molecular weight is 263 g/mol. The smallest absolute Gasteiger partial charge is 0.257 e. The first-order valence-corrected chi connectivity index (χ1v) is 6.08. The zero-order valence-electron chi connectivity index (χ0n) is 10.8. The summed E-state index contributed by atoms with van der Waals surface area (Å²) >= 11 is 0. The zero-order valence-corrected chi connectivity index (χ0v) is 10.8. The van der Waals surface area contributed by atoms with Crippen LogP contribution in [0, 0.1) is 0 Å². The number of piperazine rings is 1. The van der Waals surface area contributed by atoms with Crippen molar-refractivity contribution in [2.45, 2.75) is 0 Å². The van der Waals surface area contributed by atoms with Crippen LogP contribution in [0.25, 0.3) is 0 Å². The number of carbonyl (C=O) groups excluding carboxylic acids is 2. The first kappa shape index (κ1) is 13.2. The van der Waals surface area contributed by atoms with Gasteiger partial charge in [0.1, 0.15) is 5.75 Å². The number of nitrogens with zero attached hydrogens (tertiary/aromatic N) is 2. The second kappa shape index (κ2) is 5.60. The van der Waals surface area contributed by atoms with E-state index in [2.05, 4.69) is 0 Å². The van der Waals surface area contributed by atoms with Crippen molar-refractivity contribution in [1.29, 1.82) is 0 Å². The highest BCUT2D eigenvalue weighted by Crippen LogP contribution is 2.23. The Morgan fingerprint density at radius 3 is 2.58 bits per heavy atom. The molecule has 0 aliphatic carbocycles. The van der Waals surface area contributed by atoms with Gasteiger partial charge in [0.15, 0.2) is 0 Å². The Morgan fingerprint density at radius 1 is 1.32 bits per heavy atom. The van der Waals surface area contributed by atoms with E-state index in [-0.39, 0.29) is 5.91 Å². The van der Waals surface area contributed by atoms with Crippen LogP contribution in [0.5, 0.6) is 5.75 Å². The van der Waals surface area contributed by atoms with Gasteiger partial charge in [0.2, 0.25) is 6.41 Å². The summed E-state index contributed by atoms with van der Waals surface area (Å²) in [4.78, 5) is 26.4. The van der Waals surface area contributed by atoms with Gasteiger partial charge in [0.05, 0.1) is 12.7 Å². The van der Waals surface area contributed by atoms with E-state index in [9.17, 15) is 9.59 Å². The molecule has 1 aromatic rings. The number of amides is 2. The summed E-state index contributed by atoms with van der Waals surface area (Å²) in [7, 11) is 1.51. The molecular formula is C13H17N3O3. The van der Waals surface area contributed by atoms with E-state index in [1.807, 2.05) is 0 Å².